The largest absolute Gasteiger partial charge is 0.312 e. The summed E-state index contributed by atoms with van der Waals surface area (Å²) >= 11 is 1.50. The van der Waals surface area contributed by atoms with Crippen LogP contribution in [0.3, 0.4) is 0 Å². The Bertz CT molecular complexity index is 505. The summed E-state index contributed by atoms with van der Waals surface area (Å²) in [5.74, 6) is 0. The van der Waals surface area contributed by atoms with Crippen LogP contribution in [0.15, 0.2) is 16.3 Å². The van der Waals surface area contributed by atoms with Gasteiger partial charge in [0.05, 0.1) is 4.90 Å². The van der Waals surface area contributed by atoms with Crippen molar-refractivity contribution in [3.63, 3.8) is 0 Å². The van der Waals surface area contributed by atoms with Crippen molar-refractivity contribution < 1.29 is 8.42 Å². The highest BCUT2D eigenvalue weighted by Crippen LogP contribution is 2.25. The molecule has 1 N–H and O–H groups in total. The van der Waals surface area contributed by atoms with E-state index in [4.69, 9.17) is 0 Å². The Labute approximate surface area is 119 Å². The number of hydrogen-bond acceptors (Lipinski definition) is 5. The molecule has 0 radical (unpaired) electrons. The smallest absolute Gasteiger partial charge is 0.244 e. The maximum absolute atomic E-state index is 12.6. The van der Waals surface area contributed by atoms with Gasteiger partial charge in [-0.1, -0.05) is 6.92 Å². The third-order valence-electron chi connectivity index (χ3n) is 3.32. The molecule has 7 heteroatoms. The van der Waals surface area contributed by atoms with Gasteiger partial charge in [0.25, 0.3) is 0 Å². The minimum Gasteiger partial charge on any atom is -0.312 e. The molecule has 0 spiro atoms. The molecule has 0 bridgehead atoms. The molecule has 1 saturated heterocycles. The Morgan fingerprint density at radius 3 is 2.63 bits per heavy atom. The molecule has 0 aliphatic carbocycles. The highest BCUT2D eigenvalue weighted by Gasteiger charge is 2.29. The van der Waals surface area contributed by atoms with Gasteiger partial charge >= 0.3 is 0 Å². The van der Waals surface area contributed by atoms with Crippen molar-refractivity contribution in [1.82, 2.24) is 14.5 Å². The zero-order valence-electron chi connectivity index (χ0n) is 11.4. The van der Waals surface area contributed by atoms with Gasteiger partial charge in [-0.25, -0.2) is 8.42 Å². The van der Waals surface area contributed by atoms with Gasteiger partial charge in [-0.3, -0.25) is 0 Å². The number of piperazine rings is 1. The first-order chi connectivity index (χ1) is 9.05. The molecule has 0 aromatic carbocycles. The molecule has 0 amide bonds. The molecule has 2 heterocycles. The Kier molecular flexibility index (Phi) is 4.97. The van der Waals surface area contributed by atoms with Gasteiger partial charge in [0, 0.05) is 37.6 Å². The first-order valence-electron chi connectivity index (χ1n) is 6.51. The summed E-state index contributed by atoms with van der Waals surface area (Å²) in [6.07, 6.45) is 0. The quantitative estimate of drug-likeness (QED) is 0.874. The summed E-state index contributed by atoms with van der Waals surface area (Å²) < 4.78 is 26.9. The van der Waals surface area contributed by atoms with Crippen molar-refractivity contribution in [3.05, 3.63) is 16.3 Å². The van der Waals surface area contributed by atoms with Crippen LogP contribution in [-0.4, -0.2) is 57.4 Å². The lowest BCUT2D eigenvalue weighted by molar-refractivity contribution is 0.222. The van der Waals surface area contributed by atoms with Crippen LogP contribution in [0, 0.1) is 0 Å². The van der Waals surface area contributed by atoms with Gasteiger partial charge in [0.1, 0.15) is 0 Å². The van der Waals surface area contributed by atoms with Crippen LogP contribution in [0.4, 0.5) is 0 Å². The predicted octanol–water partition coefficient (Wildman–Crippen LogP) is 0.794. The standard InChI is InChI=1S/C12H21N3O2S2/c1-3-13-10-11-12(4-9-18-11)19(16,17)15-7-5-14(2)6-8-15/h4,9,13H,3,5-8,10H2,1-2H3. The average molecular weight is 303 g/mol. The fourth-order valence-electron chi connectivity index (χ4n) is 2.09. The number of hydrogen-bond donors (Lipinski definition) is 1. The summed E-state index contributed by atoms with van der Waals surface area (Å²) in [6.45, 7) is 6.23. The molecule has 1 fully saturated rings. The molecule has 1 aromatic rings. The SMILES string of the molecule is CCNCc1sccc1S(=O)(=O)N1CCN(C)CC1. The highest BCUT2D eigenvalue weighted by molar-refractivity contribution is 7.89. The third-order valence-corrected chi connectivity index (χ3v) is 6.35. The molecular formula is C12H21N3O2S2. The Morgan fingerprint density at radius 1 is 1.32 bits per heavy atom. The number of thiophene rings is 1. The Morgan fingerprint density at radius 2 is 2.00 bits per heavy atom. The number of rotatable bonds is 5. The van der Waals surface area contributed by atoms with Crippen molar-refractivity contribution in [2.45, 2.75) is 18.4 Å². The number of sulfonamides is 1. The van der Waals surface area contributed by atoms with Crippen LogP contribution >= 0.6 is 11.3 Å². The molecule has 0 unspecified atom stereocenters. The highest BCUT2D eigenvalue weighted by atomic mass is 32.2. The number of nitrogens with zero attached hydrogens (tertiary/aromatic N) is 2. The lowest BCUT2D eigenvalue weighted by Crippen LogP contribution is -2.47. The van der Waals surface area contributed by atoms with Crippen molar-refractivity contribution in [2.75, 3.05) is 39.8 Å². The maximum atomic E-state index is 12.6. The lowest BCUT2D eigenvalue weighted by Gasteiger charge is -2.31. The fraction of sp³-hybridized carbons (Fsp3) is 0.667. The van der Waals surface area contributed by atoms with Gasteiger partial charge in [0.2, 0.25) is 10.0 Å². The second-order valence-electron chi connectivity index (χ2n) is 4.70. The van der Waals surface area contributed by atoms with Gasteiger partial charge in [0.15, 0.2) is 0 Å². The van der Waals surface area contributed by atoms with E-state index < -0.39 is 10.0 Å². The monoisotopic (exact) mass is 303 g/mol. The van der Waals surface area contributed by atoms with Crippen LogP contribution in [0.2, 0.25) is 0 Å². The molecule has 108 valence electrons. The Balaban J connectivity index is 2.17. The zero-order chi connectivity index (χ0) is 13.9. The van der Waals surface area contributed by atoms with E-state index in [0.29, 0.717) is 24.5 Å². The van der Waals surface area contributed by atoms with Crippen molar-refractivity contribution in [2.24, 2.45) is 0 Å². The van der Waals surface area contributed by atoms with E-state index in [1.54, 1.807) is 10.4 Å². The first kappa shape index (κ1) is 14.9. The van der Waals surface area contributed by atoms with E-state index in [0.717, 1.165) is 24.5 Å². The molecule has 1 aliphatic heterocycles. The van der Waals surface area contributed by atoms with E-state index >= 15 is 0 Å². The third kappa shape index (κ3) is 3.35. The minimum absolute atomic E-state index is 0.475. The zero-order valence-corrected chi connectivity index (χ0v) is 13.1. The summed E-state index contributed by atoms with van der Waals surface area (Å²) in [5.41, 5.74) is 0. The van der Waals surface area contributed by atoms with Crippen LogP contribution in [-0.2, 0) is 16.6 Å². The van der Waals surface area contributed by atoms with E-state index in [-0.39, 0.29) is 0 Å². The van der Waals surface area contributed by atoms with Gasteiger partial charge in [-0.05, 0) is 25.0 Å². The molecular weight excluding hydrogens is 282 g/mol. The second kappa shape index (κ2) is 6.32. The second-order valence-corrected chi connectivity index (χ2v) is 7.60. The average Bonchev–Trinajstić information content (AvgIpc) is 2.86. The van der Waals surface area contributed by atoms with Crippen LogP contribution in [0.25, 0.3) is 0 Å². The van der Waals surface area contributed by atoms with E-state index in [2.05, 4.69) is 10.2 Å². The topological polar surface area (TPSA) is 52.7 Å². The van der Waals surface area contributed by atoms with Gasteiger partial charge in [-0.15, -0.1) is 11.3 Å². The minimum atomic E-state index is -3.33. The lowest BCUT2D eigenvalue weighted by atomic mass is 10.4. The maximum Gasteiger partial charge on any atom is 0.244 e. The first-order valence-corrected chi connectivity index (χ1v) is 8.83. The summed E-state index contributed by atoms with van der Waals surface area (Å²) in [5, 5.41) is 5.05. The molecule has 1 aliphatic rings. The normalized spacial score (nSPS) is 18.8. The van der Waals surface area contributed by atoms with Gasteiger partial charge in [-0.2, -0.15) is 4.31 Å². The summed E-state index contributed by atoms with van der Waals surface area (Å²) in [4.78, 5) is 3.53. The molecule has 2 rings (SSSR count). The number of nitrogens with one attached hydrogen (secondary N) is 1. The van der Waals surface area contributed by atoms with E-state index in [1.807, 2.05) is 19.4 Å². The van der Waals surface area contributed by atoms with E-state index in [9.17, 15) is 8.42 Å². The van der Waals surface area contributed by atoms with Gasteiger partial charge < -0.3 is 10.2 Å². The van der Waals surface area contributed by atoms with Crippen molar-refractivity contribution in [3.8, 4) is 0 Å². The molecule has 0 atom stereocenters. The summed E-state index contributed by atoms with van der Waals surface area (Å²) in [6, 6.07) is 1.73. The molecule has 5 nitrogen and oxygen atoms in total. The molecule has 1 aromatic heterocycles. The predicted molar refractivity (Wildman–Crippen MR) is 78.0 cm³/mol. The van der Waals surface area contributed by atoms with Crippen molar-refractivity contribution in [1.29, 1.82) is 0 Å². The fourth-order valence-corrected chi connectivity index (χ4v) is 4.90. The Hall–Kier alpha value is -0.470. The van der Waals surface area contributed by atoms with Crippen molar-refractivity contribution >= 4 is 21.4 Å². The molecule has 0 saturated carbocycles. The molecule has 19 heavy (non-hydrogen) atoms. The van der Waals surface area contributed by atoms with Crippen LogP contribution < -0.4 is 5.32 Å². The number of likely N-dealkylation sites (N-methyl/N-ethyl adjacent to an activating group) is 1. The van der Waals surface area contributed by atoms with Crippen LogP contribution in [0.1, 0.15) is 11.8 Å². The summed E-state index contributed by atoms with van der Waals surface area (Å²) in [7, 11) is -1.31. The van der Waals surface area contributed by atoms with E-state index in [1.165, 1.54) is 11.3 Å². The van der Waals surface area contributed by atoms with Crippen LogP contribution in [0.5, 0.6) is 0 Å².